The van der Waals surface area contributed by atoms with Crippen molar-refractivity contribution in [2.75, 3.05) is 6.61 Å². The Hall–Kier alpha value is -2.05. The van der Waals surface area contributed by atoms with Gasteiger partial charge in [0.2, 0.25) is 5.82 Å². The highest BCUT2D eigenvalue weighted by Gasteiger charge is 2.30. The zero-order chi connectivity index (χ0) is 12.5. The molecule has 0 fully saturated rings. The van der Waals surface area contributed by atoms with Crippen LogP contribution in [0.3, 0.4) is 0 Å². The molecule has 4 nitrogen and oxygen atoms in total. The van der Waals surface area contributed by atoms with Crippen LogP contribution in [0.5, 0.6) is 0 Å². The van der Waals surface area contributed by atoms with Gasteiger partial charge in [0.15, 0.2) is 6.61 Å². The first-order valence-electron chi connectivity index (χ1n) is 4.63. The number of carbonyl (C=O) groups excluding carboxylic acids is 1. The van der Waals surface area contributed by atoms with E-state index in [0.29, 0.717) is 5.52 Å². The van der Waals surface area contributed by atoms with Gasteiger partial charge in [0.1, 0.15) is 0 Å². The van der Waals surface area contributed by atoms with Crippen molar-refractivity contribution >= 4 is 11.5 Å². The molecule has 0 amide bonds. The molecule has 7 heteroatoms. The van der Waals surface area contributed by atoms with Crippen LogP contribution in [0.25, 0.3) is 5.52 Å². The first-order valence-corrected chi connectivity index (χ1v) is 4.63. The van der Waals surface area contributed by atoms with Crippen molar-refractivity contribution < 1.29 is 22.7 Å². The van der Waals surface area contributed by atoms with Crippen LogP contribution >= 0.6 is 0 Å². The highest BCUT2D eigenvalue weighted by atomic mass is 19.4. The summed E-state index contributed by atoms with van der Waals surface area (Å²) in [4.78, 5) is 15.1. The lowest BCUT2D eigenvalue weighted by Crippen LogP contribution is -2.21. The summed E-state index contributed by atoms with van der Waals surface area (Å²) in [6.45, 7) is -1.62. The van der Waals surface area contributed by atoms with Gasteiger partial charge in [-0.1, -0.05) is 6.07 Å². The van der Waals surface area contributed by atoms with E-state index >= 15 is 0 Å². The molecule has 0 spiro atoms. The van der Waals surface area contributed by atoms with E-state index in [9.17, 15) is 18.0 Å². The van der Waals surface area contributed by atoms with Gasteiger partial charge in [0.25, 0.3) is 0 Å². The van der Waals surface area contributed by atoms with Crippen LogP contribution < -0.4 is 0 Å². The number of hydrogen-bond acceptors (Lipinski definition) is 3. The lowest BCUT2D eigenvalue weighted by atomic mass is 10.4. The molecule has 0 aliphatic carbocycles. The first kappa shape index (κ1) is 11.4. The standard InChI is InChI=1S/C10H7F3N2O2/c11-10(12,13)6-17-9(16)8-14-5-7-3-1-2-4-15(7)8/h1-5H,6H2. The fraction of sp³-hybridized carbons (Fsp3) is 0.200. The minimum absolute atomic E-state index is 0.176. The van der Waals surface area contributed by atoms with E-state index in [4.69, 9.17) is 0 Å². The summed E-state index contributed by atoms with van der Waals surface area (Å²) in [5.41, 5.74) is 0.603. The molecule has 2 rings (SSSR count). The highest BCUT2D eigenvalue weighted by molar-refractivity contribution is 5.86. The van der Waals surface area contributed by atoms with Crippen LogP contribution in [0.15, 0.2) is 30.6 Å². The summed E-state index contributed by atoms with van der Waals surface area (Å²) >= 11 is 0. The van der Waals surface area contributed by atoms with Crippen LogP contribution in [0.4, 0.5) is 13.2 Å². The Morgan fingerprint density at radius 1 is 1.41 bits per heavy atom. The molecule has 0 unspecified atom stereocenters. The highest BCUT2D eigenvalue weighted by Crippen LogP contribution is 2.15. The molecule has 0 bridgehead atoms. The number of imidazole rings is 1. The first-order chi connectivity index (χ1) is 7.97. The van der Waals surface area contributed by atoms with Crippen molar-refractivity contribution in [1.29, 1.82) is 0 Å². The van der Waals surface area contributed by atoms with Crippen LogP contribution in [0, 0.1) is 0 Å². The number of ether oxygens (including phenoxy) is 1. The second kappa shape index (κ2) is 4.08. The quantitative estimate of drug-likeness (QED) is 0.759. The lowest BCUT2D eigenvalue weighted by molar-refractivity contribution is -0.161. The van der Waals surface area contributed by atoms with Crippen molar-refractivity contribution in [2.45, 2.75) is 6.18 Å². The van der Waals surface area contributed by atoms with E-state index in [-0.39, 0.29) is 5.82 Å². The van der Waals surface area contributed by atoms with Gasteiger partial charge in [-0.2, -0.15) is 13.2 Å². The molecule has 0 saturated carbocycles. The third kappa shape index (κ3) is 2.55. The van der Waals surface area contributed by atoms with Crippen molar-refractivity contribution in [3.05, 3.63) is 36.4 Å². The predicted octanol–water partition coefficient (Wildman–Crippen LogP) is 2.05. The zero-order valence-electron chi connectivity index (χ0n) is 8.44. The number of hydrogen-bond donors (Lipinski definition) is 0. The summed E-state index contributed by atoms with van der Waals surface area (Å²) in [7, 11) is 0. The number of esters is 1. The van der Waals surface area contributed by atoms with Crippen molar-refractivity contribution in [3.8, 4) is 0 Å². The smallest absolute Gasteiger partial charge is 0.422 e. The maximum Gasteiger partial charge on any atom is 0.422 e. The van der Waals surface area contributed by atoms with Crippen LogP contribution in [0.2, 0.25) is 0 Å². The topological polar surface area (TPSA) is 43.6 Å². The monoisotopic (exact) mass is 244 g/mol. The minimum Gasteiger partial charge on any atom is -0.450 e. The second-order valence-electron chi connectivity index (χ2n) is 3.27. The number of nitrogens with zero attached hydrogens (tertiary/aromatic N) is 2. The van der Waals surface area contributed by atoms with Gasteiger partial charge in [-0.05, 0) is 12.1 Å². The molecule has 0 N–H and O–H groups in total. The fourth-order valence-electron chi connectivity index (χ4n) is 1.31. The fourth-order valence-corrected chi connectivity index (χ4v) is 1.31. The van der Waals surface area contributed by atoms with Crippen LogP contribution in [0.1, 0.15) is 10.6 Å². The average Bonchev–Trinajstić information content (AvgIpc) is 2.68. The van der Waals surface area contributed by atoms with E-state index in [0.717, 1.165) is 0 Å². The Balaban J connectivity index is 2.20. The van der Waals surface area contributed by atoms with E-state index < -0.39 is 18.8 Å². The van der Waals surface area contributed by atoms with Gasteiger partial charge >= 0.3 is 12.1 Å². The number of alkyl halides is 3. The SMILES string of the molecule is O=C(OCC(F)(F)F)c1ncc2ccccn12. The molecule has 2 aromatic heterocycles. The molecule has 0 radical (unpaired) electrons. The van der Waals surface area contributed by atoms with Gasteiger partial charge in [0, 0.05) is 6.20 Å². The van der Waals surface area contributed by atoms with Crippen molar-refractivity contribution in [1.82, 2.24) is 9.38 Å². The molecule has 2 aromatic rings. The zero-order valence-corrected chi connectivity index (χ0v) is 8.44. The van der Waals surface area contributed by atoms with Crippen molar-refractivity contribution in [3.63, 3.8) is 0 Å². The average molecular weight is 244 g/mol. The number of fused-ring (bicyclic) bond motifs is 1. The molecule has 0 atom stereocenters. The Kier molecular flexibility index (Phi) is 2.74. The molecule has 0 aliphatic heterocycles. The third-order valence-electron chi connectivity index (χ3n) is 1.99. The van der Waals surface area contributed by atoms with E-state index in [1.165, 1.54) is 16.8 Å². The van der Waals surface area contributed by atoms with Gasteiger partial charge in [-0.3, -0.25) is 4.40 Å². The second-order valence-corrected chi connectivity index (χ2v) is 3.27. The van der Waals surface area contributed by atoms with Crippen LogP contribution in [-0.4, -0.2) is 28.1 Å². The molecule has 0 aromatic carbocycles. The third-order valence-corrected chi connectivity index (χ3v) is 1.99. The molecule has 0 aliphatic rings. The summed E-state index contributed by atoms with van der Waals surface area (Å²) < 4.78 is 41.1. The van der Waals surface area contributed by atoms with Gasteiger partial charge in [0.05, 0.1) is 11.7 Å². The Labute approximate surface area is 93.6 Å². The van der Waals surface area contributed by atoms with E-state index in [1.807, 2.05) is 0 Å². The van der Waals surface area contributed by atoms with E-state index in [1.54, 1.807) is 18.2 Å². The predicted molar refractivity (Wildman–Crippen MR) is 51.5 cm³/mol. The summed E-state index contributed by atoms with van der Waals surface area (Å²) in [6, 6.07) is 5.03. The number of carbonyl (C=O) groups is 1. The largest absolute Gasteiger partial charge is 0.450 e. The van der Waals surface area contributed by atoms with Crippen LogP contribution in [-0.2, 0) is 4.74 Å². The Bertz CT molecular complexity index is 548. The molecule has 2 heterocycles. The molecule has 90 valence electrons. The van der Waals surface area contributed by atoms with Crippen molar-refractivity contribution in [2.24, 2.45) is 0 Å². The number of pyridine rings is 1. The maximum atomic E-state index is 11.9. The summed E-state index contributed by atoms with van der Waals surface area (Å²) in [6.07, 6.45) is -1.64. The maximum absolute atomic E-state index is 11.9. The van der Waals surface area contributed by atoms with Gasteiger partial charge < -0.3 is 4.74 Å². The Morgan fingerprint density at radius 2 is 2.18 bits per heavy atom. The summed E-state index contributed by atoms with van der Waals surface area (Å²) in [5, 5.41) is 0. The Morgan fingerprint density at radius 3 is 2.88 bits per heavy atom. The molecule has 0 saturated heterocycles. The normalized spacial score (nSPS) is 11.7. The number of halogens is 3. The number of rotatable bonds is 2. The van der Waals surface area contributed by atoms with Gasteiger partial charge in [-0.15, -0.1) is 0 Å². The molecular formula is C10H7F3N2O2. The number of aromatic nitrogens is 2. The molecular weight excluding hydrogens is 237 g/mol. The van der Waals surface area contributed by atoms with E-state index in [2.05, 4.69) is 9.72 Å². The lowest BCUT2D eigenvalue weighted by Gasteiger charge is -2.06. The minimum atomic E-state index is -4.54. The molecule has 17 heavy (non-hydrogen) atoms. The summed E-state index contributed by atoms with van der Waals surface area (Å²) in [5.74, 6) is -1.28. The van der Waals surface area contributed by atoms with Gasteiger partial charge in [-0.25, -0.2) is 9.78 Å².